The molecule has 2 rings (SSSR count). The number of alkyl halides is 6. The second kappa shape index (κ2) is 5.03. The predicted octanol–water partition coefficient (Wildman–Crippen LogP) is 2.73. The Morgan fingerprint density at radius 2 is 1.73 bits per heavy atom. The van der Waals surface area contributed by atoms with Crippen LogP contribution in [-0.4, -0.2) is 26.3 Å². The minimum atomic E-state index is -4.84. The van der Waals surface area contributed by atoms with Gasteiger partial charge in [-0.3, -0.25) is 15.0 Å². The first kappa shape index (κ1) is 15.9. The lowest BCUT2D eigenvalue weighted by molar-refractivity contribution is -0.141. The summed E-state index contributed by atoms with van der Waals surface area (Å²) in [6, 6.07) is 0.387. The topological polar surface area (TPSA) is 86.5 Å². The van der Waals surface area contributed by atoms with Crippen molar-refractivity contribution in [2.75, 3.05) is 5.32 Å². The molecule has 0 saturated heterocycles. The fraction of sp³-hybridized carbons (Fsp3) is 0.300. The molecule has 2 aromatic heterocycles. The van der Waals surface area contributed by atoms with Crippen LogP contribution in [0.1, 0.15) is 27.6 Å². The molecule has 120 valence electrons. The van der Waals surface area contributed by atoms with Gasteiger partial charge in [-0.25, -0.2) is 0 Å². The number of hydrogen-bond donors (Lipinski definition) is 3. The van der Waals surface area contributed by atoms with Crippen molar-refractivity contribution in [1.29, 1.82) is 0 Å². The van der Waals surface area contributed by atoms with Crippen molar-refractivity contribution in [3.63, 3.8) is 0 Å². The molecule has 0 fully saturated rings. The van der Waals surface area contributed by atoms with Gasteiger partial charge in [-0.2, -0.15) is 36.5 Å². The van der Waals surface area contributed by atoms with Crippen LogP contribution < -0.4 is 5.32 Å². The number of hydrogen-bond acceptors (Lipinski definition) is 3. The number of carbonyl (C=O) groups is 1. The van der Waals surface area contributed by atoms with Crippen LogP contribution in [0.4, 0.5) is 32.0 Å². The summed E-state index contributed by atoms with van der Waals surface area (Å²) in [7, 11) is 0. The standard InChI is InChI=1S/C10H7F6N5O/c1-3-6(7(21-18-3)10(14,15)16)17-8(22)4-2-5(20-19-4)9(11,12)13/h2H,1H3,(H,17,22)(H,18,21)(H,19,20). The number of aromatic nitrogens is 4. The molecule has 0 radical (unpaired) electrons. The maximum atomic E-state index is 12.7. The molecule has 0 spiro atoms. The molecule has 22 heavy (non-hydrogen) atoms. The van der Waals surface area contributed by atoms with Crippen molar-refractivity contribution in [3.05, 3.63) is 28.8 Å². The van der Waals surface area contributed by atoms with Gasteiger partial charge in [-0.1, -0.05) is 0 Å². The number of aryl methyl sites for hydroxylation is 1. The van der Waals surface area contributed by atoms with Gasteiger partial charge in [0.15, 0.2) is 11.4 Å². The van der Waals surface area contributed by atoms with Crippen LogP contribution in [0.15, 0.2) is 6.07 Å². The van der Waals surface area contributed by atoms with Crippen LogP contribution in [0.25, 0.3) is 0 Å². The van der Waals surface area contributed by atoms with Crippen LogP contribution >= 0.6 is 0 Å². The number of aromatic amines is 2. The van der Waals surface area contributed by atoms with Crippen molar-refractivity contribution in [2.45, 2.75) is 19.3 Å². The molecule has 0 aliphatic heterocycles. The zero-order valence-electron chi connectivity index (χ0n) is 10.6. The maximum Gasteiger partial charge on any atom is 0.437 e. The zero-order valence-corrected chi connectivity index (χ0v) is 10.6. The molecular formula is C10H7F6N5O. The van der Waals surface area contributed by atoms with E-state index in [-0.39, 0.29) is 5.69 Å². The van der Waals surface area contributed by atoms with Gasteiger partial charge in [-0.05, 0) is 6.92 Å². The molecule has 2 heterocycles. The normalized spacial score (nSPS) is 12.5. The van der Waals surface area contributed by atoms with Crippen LogP contribution in [0.5, 0.6) is 0 Å². The number of anilines is 1. The summed E-state index contributed by atoms with van der Waals surface area (Å²) in [5, 5.41) is 11.6. The van der Waals surface area contributed by atoms with E-state index in [4.69, 9.17) is 0 Å². The number of H-pyrrole nitrogens is 2. The Hall–Kier alpha value is -2.53. The summed E-state index contributed by atoms with van der Waals surface area (Å²) in [6.07, 6.45) is -9.59. The highest BCUT2D eigenvalue weighted by atomic mass is 19.4. The van der Waals surface area contributed by atoms with Gasteiger partial charge in [0, 0.05) is 6.07 Å². The Morgan fingerprint density at radius 3 is 2.23 bits per heavy atom. The lowest BCUT2D eigenvalue weighted by Gasteiger charge is -2.07. The molecule has 3 N–H and O–H groups in total. The summed E-state index contributed by atoms with van der Waals surface area (Å²) >= 11 is 0. The number of nitrogens with zero attached hydrogens (tertiary/aromatic N) is 2. The number of halogens is 6. The van der Waals surface area contributed by atoms with E-state index in [2.05, 4.69) is 10.2 Å². The quantitative estimate of drug-likeness (QED) is 0.741. The van der Waals surface area contributed by atoms with Crippen molar-refractivity contribution < 1.29 is 31.1 Å². The van der Waals surface area contributed by atoms with Crippen molar-refractivity contribution >= 4 is 11.6 Å². The lowest BCUT2D eigenvalue weighted by atomic mass is 10.2. The number of nitrogens with one attached hydrogen (secondary N) is 3. The van der Waals surface area contributed by atoms with E-state index in [0.717, 1.165) is 0 Å². The van der Waals surface area contributed by atoms with E-state index in [0.29, 0.717) is 6.07 Å². The molecule has 0 aliphatic carbocycles. The monoisotopic (exact) mass is 327 g/mol. The second-order valence-corrected chi connectivity index (χ2v) is 4.19. The SMILES string of the molecule is Cc1[nH]nc(C(F)(F)F)c1NC(=O)c1cc(C(F)(F)F)[nH]n1. The molecule has 0 atom stereocenters. The van der Waals surface area contributed by atoms with Crippen LogP contribution in [-0.2, 0) is 12.4 Å². The maximum absolute atomic E-state index is 12.7. The molecule has 2 aromatic rings. The third-order valence-electron chi connectivity index (χ3n) is 2.57. The fourth-order valence-electron chi connectivity index (χ4n) is 1.55. The van der Waals surface area contributed by atoms with Gasteiger partial charge in [0.05, 0.1) is 11.4 Å². The first-order valence-corrected chi connectivity index (χ1v) is 5.56. The summed E-state index contributed by atoms with van der Waals surface area (Å²) in [5.74, 6) is -1.23. The van der Waals surface area contributed by atoms with E-state index in [1.807, 2.05) is 10.4 Å². The molecule has 0 unspecified atom stereocenters. The molecule has 6 nitrogen and oxygen atoms in total. The third-order valence-corrected chi connectivity index (χ3v) is 2.57. The van der Waals surface area contributed by atoms with Crippen LogP contribution in [0.3, 0.4) is 0 Å². The number of rotatable bonds is 2. The highest BCUT2D eigenvalue weighted by Gasteiger charge is 2.39. The largest absolute Gasteiger partial charge is 0.437 e. The van der Waals surface area contributed by atoms with E-state index in [9.17, 15) is 31.1 Å². The minimum absolute atomic E-state index is 0.104. The lowest BCUT2D eigenvalue weighted by Crippen LogP contribution is -2.17. The number of amides is 1. The number of carbonyl (C=O) groups excluding carboxylic acids is 1. The molecule has 0 aromatic carbocycles. The molecule has 1 amide bonds. The van der Waals surface area contributed by atoms with E-state index >= 15 is 0 Å². The Balaban J connectivity index is 2.27. The predicted molar refractivity (Wildman–Crippen MR) is 59.9 cm³/mol. The summed E-state index contributed by atoms with van der Waals surface area (Å²) in [5.41, 5.74) is -4.16. The van der Waals surface area contributed by atoms with Crippen LogP contribution in [0, 0.1) is 6.92 Å². The Bertz CT molecular complexity index is 697. The highest BCUT2D eigenvalue weighted by molar-refractivity contribution is 6.03. The van der Waals surface area contributed by atoms with Crippen LogP contribution in [0.2, 0.25) is 0 Å². The first-order valence-electron chi connectivity index (χ1n) is 5.56. The van der Waals surface area contributed by atoms with E-state index in [1.54, 1.807) is 5.10 Å². The second-order valence-electron chi connectivity index (χ2n) is 4.19. The molecular weight excluding hydrogens is 320 g/mol. The molecule has 0 saturated carbocycles. The smallest absolute Gasteiger partial charge is 0.317 e. The Morgan fingerprint density at radius 1 is 1.09 bits per heavy atom. The summed E-state index contributed by atoms with van der Waals surface area (Å²) in [4.78, 5) is 11.7. The average Bonchev–Trinajstić information content (AvgIpc) is 2.95. The average molecular weight is 327 g/mol. The van der Waals surface area contributed by atoms with Gasteiger partial charge >= 0.3 is 12.4 Å². The molecule has 0 aliphatic rings. The Kier molecular flexibility index (Phi) is 3.63. The third kappa shape index (κ3) is 3.04. The first-order chi connectivity index (χ1) is 10.00. The summed E-state index contributed by atoms with van der Waals surface area (Å²) in [6.45, 7) is 1.21. The summed E-state index contributed by atoms with van der Waals surface area (Å²) < 4.78 is 75.1. The zero-order chi connectivity index (χ0) is 16.7. The van der Waals surface area contributed by atoms with Gasteiger partial charge in [0.25, 0.3) is 5.91 Å². The van der Waals surface area contributed by atoms with Crippen molar-refractivity contribution in [1.82, 2.24) is 20.4 Å². The molecule has 0 bridgehead atoms. The van der Waals surface area contributed by atoms with Gasteiger partial charge in [-0.15, -0.1) is 0 Å². The van der Waals surface area contributed by atoms with Gasteiger partial charge in [0.1, 0.15) is 5.69 Å². The van der Waals surface area contributed by atoms with Crippen molar-refractivity contribution in [3.8, 4) is 0 Å². The fourth-order valence-corrected chi connectivity index (χ4v) is 1.55. The molecule has 12 heteroatoms. The van der Waals surface area contributed by atoms with E-state index < -0.39 is 41.0 Å². The van der Waals surface area contributed by atoms with Gasteiger partial charge in [0.2, 0.25) is 0 Å². The van der Waals surface area contributed by atoms with Crippen molar-refractivity contribution in [2.24, 2.45) is 0 Å². The minimum Gasteiger partial charge on any atom is -0.317 e. The van der Waals surface area contributed by atoms with E-state index in [1.165, 1.54) is 6.92 Å². The highest BCUT2D eigenvalue weighted by Crippen LogP contribution is 2.35. The van der Waals surface area contributed by atoms with Gasteiger partial charge < -0.3 is 5.32 Å². The Labute approximate surface area is 117 Å².